The monoisotopic (exact) mass is 388 g/mol. The predicted molar refractivity (Wildman–Crippen MR) is 103 cm³/mol. The van der Waals surface area contributed by atoms with E-state index in [2.05, 4.69) is 13.8 Å². The van der Waals surface area contributed by atoms with E-state index < -0.39 is 18.0 Å². The first-order valence-electron chi connectivity index (χ1n) is 10.7. The SMILES string of the molecule is CC(=O)C(O)C(=O)[C@H]1CC[C@H]2[C@@H]3CCC4=CC(=O)CC[C@]4(C)[C@H]3[C@@H](O)C[C@]12C. The second kappa shape index (κ2) is 6.60. The van der Waals surface area contributed by atoms with Gasteiger partial charge < -0.3 is 10.2 Å². The Kier molecular flexibility index (Phi) is 4.70. The van der Waals surface area contributed by atoms with Crippen molar-refractivity contribution in [3.05, 3.63) is 11.6 Å². The van der Waals surface area contributed by atoms with Crippen molar-refractivity contribution in [2.24, 2.45) is 34.5 Å². The van der Waals surface area contributed by atoms with E-state index in [-0.39, 0.29) is 34.2 Å². The van der Waals surface area contributed by atoms with Crippen LogP contribution in [0.3, 0.4) is 0 Å². The van der Waals surface area contributed by atoms with Gasteiger partial charge in [0.1, 0.15) is 0 Å². The third kappa shape index (κ3) is 2.69. The largest absolute Gasteiger partial charge is 0.393 e. The Morgan fingerprint density at radius 3 is 2.57 bits per heavy atom. The van der Waals surface area contributed by atoms with Gasteiger partial charge in [0.15, 0.2) is 23.5 Å². The van der Waals surface area contributed by atoms with Crippen LogP contribution in [0, 0.1) is 34.5 Å². The molecule has 0 heterocycles. The van der Waals surface area contributed by atoms with E-state index in [4.69, 9.17) is 0 Å². The van der Waals surface area contributed by atoms with Gasteiger partial charge in [-0.15, -0.1) is 0 Å². The molecule has 3 saturated carbocycles. The zero-order valence-corrected chi connectivity index (χ0v) is 17.1. The zero-order chi connectivity index (χ0) is 20.4. The Morgan fingerprint density at radius 2 is 1.89 bits per heavy atom. The average Bonchev–Trinajstić information content (AvgIpc) is 2.97. The van der Waals surface area contributed by atoms with E-state index in [0.29, 0.717) is 31.1 Å². The van der Waals surface area contributed by atoms with E-state index in [1.54, 1.807) is 0 Å². The number of rotatable bonds is 3. The molecule has 0 saturated heterocycles. The van der Waals surface area contributed by atoms with Crippen molar-refractivity contribution in [1.82, 2.24) is 0 Å². The normalized spacial score (nSPS) is 46.1. The molecule has 0 bridgehead atoms. The molecule has 0 spiro atoms. The molecule has 5 nitrogen and oxygen atoms in total. The van der Waals surface area contributed by atoms with Crippen LogP contribution in [0.1, 0.15) is 65.7 Å². The van der Waals surface area contributed by atoms with Crippen LogP contribution in [0.2, 0.25) is 0 Å². The summed E-state index contributed by atoms with van der Waals surface area (Å²) in [6.45, 7) is 5.55. The van der Waals surface area contributed by atoms with Crippen molar-refractivity contribution in [3.63, 3.8) is 0 Å². The number of hydrogen-bond acceptors (Lipinski definition) is 5. The molecule has 0 aliphatic heterocycles. The molecule has 0 amide bonds. The number of Topliss-reactive ketones (excluding diaryl/α,β-unsaturated/α-hetero) is 2. The molecule has 0 radical (unpaired) electrons. The number of carbonyl (C=O) groups is 3. The fourth-order valence-electron chi connectivity index (χ4n) is 7.55. The first-order valence-corrected chi connectivity index (χ1v) is 10.7. The molecule has 154 valence electrons. The van der Waals surface area contributed by atoms with E-state index >= 15 is 0 Å². The summed E-state index contributed by atoms with van der Waals surface area (Å²) >= 11 is 0. The molecule has 0 aromatic rings. The summed E-state index contributed by atoms with van der Waals surface area (Å²) < 4.78 is 0. The van der Waals surface area contributed by atoms with Crippen LogP contribution >= 0.6 is 0 Å². The van der Waals surface area contributed by atoms with E-state index in [1.807, 2.05) is 6.08 Å². The Bertz CT molecular complexity index is 754. The molecule has 4 rings (SSSR count). The summed E-state index contributed by atoms with van der Waals surface area (Å²) in [4.78, 5) is 36.4. The first kappa shape index (κ1) is 20.0. The number of aliphatic hydroxyl groups excluding tert-OH is 2. The number of fused-ring (bicyclic) bond motifs is 5. The van der Waals surface area contributed by atoms with E-state index in [9.17, 15) is 24.6 Å². The molecule has 4 aliphatic rings. The third-order valence-corrected chi connectivity index (χ3v) is 8.89. The maximum Gasteiger partial charge on any atom is 0.172 e. The van der Waals surface area contributed by atoms with Gasteiger partial charge in [0.25, 0.3) is 0 Å². The maximum atomic E-state index is 12.8. The van der Waals surface area contributed by atoms with Gasteiger partial charge >= 0.3 is 0 Å². The smallest absolute Gasteiger partial charge is 0.172 e. The quantitative estimate of drug-likeness (QED) is 0.725. The van der Waals surface area contributed by atoms with Gasteiger partial charge in [-0.2, -0.15) is 0 Å². The van der Waals surface area contributed by atoms with Crippen LogP contribution in [0.4, 0.5) is 0 Å². The molecule has 28 heavy (non-hydrogen) atoms. The lowest BCUT2D eigenvalue weighted by atomic mass is 9.46. The molecule has 8 atom stereocenters. The number of aliphatic hydroxyl groups is 2. The van der Waals surface area contributed by atoms with Crippen molar-refractivity contribution < 1.29 is 24.6 Å². The Hall–Kier alpha value is -1.33. The van der Waals surface area contributed by atoms with Crippen molar-refractivity contribution in [2.75, 3.05) is 0 Å². The Morgan fingerprint density at radius 1 is 1.18 bits per heavy atom. The number of allylic oxidation sites excluding steroid dienone is 1. The highest BCUT2D eigenvalue weighted by atomic mass is 16.3. The highest BCUT2D eigenvalue weighted by molar-refractivity contribution is 6.05. The van der Waals surface area contributed by atoms with Crippen molar-refractivity contribution in [3.8, 4) is 0 Å². The second-order valence-corrected chi connectivity index (χ2v) is 10.2. The lowest BCUT2D eigenvalue weighted by Gasteiger charge is -2.59. The van der Waals surface area contributed by atoms with Crippen molar-refractivity contribution >= 4 is 17.3 Å². The lowest BCUT2D eigenvalue weighted by molar-refractivity contribution is -0.152. The second-order valence-electron chi connectivity index (χ2n) is 10.2. The summed E-state index contributed by atoms with van der Waals surface area (Å²) in [7, 11) is 0. The lowest BCUT2D eigenvalue weighted by Crippen LogP contribution is -2.57. The summed E-state index contributed by atoms with van der Waals surface area (Å²) in [6.07, 6.45) is 5.02. The third-order valence-electron chi connectivity index (χ3n) is 8.89. The van der Waals surface area contributed by atoms with Crippen LogP contribution in [-0.4, -0.2) is 39.8 Å². The zero-order valence-electron chi connectivity index (χ0n) is 17.1. The van der Waals surface area contributed by atoms with Crippen LogP contribution in [0.15, 0.2) is 11.6 Å². The van der Waals surface area contributed by atoms with Crippen LogP contribution in [0.25, 0.3) is 0 Å². The standard InChI is InChI=1S/C23H32O5/c1-12(24)20(27)21(28)17-7-6-16-15-5-4-13-10-14(25)8-9-22(13,2)19(15)18(26)11-23(16,17)3/h10,15-20,26-27H,4-9,11H2,1-3H3/t15-,16-,17+,18-,19+,20?,22-,23-/m0/s1. The summed E-state index contributed by atoms with van der Waals surface area (Å²) in [5.41, 5.74) is 0.680. The molecule has 0 aromatic carbocycles. The predicted octanol–water partition coefficient (Wildman–Crippen LogP) is 2.62. The van der Waals surface area contributed by atoms with Crippen molar-refractivity contribution in [2.45, 2.75) is 77.9 Å². The summed E-state index contributed by atoms with van der Waals surface area (Å²) in [5, 5.41) is 21.4. The molecule has 0 aromatic heterocycles. The summed E-state index contributed by atoms with van der Waals surface area (Å²) in [5.74, 6) is -0.297. The van der Waals surface area contributed by atoms with Crippen LogP contribution < -0.4 is 0 Å². The molecule has 5 heteroatoms. The minimum Gasteiger partial charge on any atom is -0.393 e. The number of ketones is 3. The van der Waals surface area contributed by atoms with Crippen LogP contribution in [0.5, 0.6) is 0 Å². The topological polar surface area (TPSA) is 91.7 Å². The van der Waals surface area contributed by atoms with Gasteiger partial charge in [0.05, 0.1) is 6.10 Å². The van der Waals surface area contributed by atoms with Gasteiger partial charge in [0.2, 0.25) is 0 Å². The number of hydrogen-bond donors (Lipinski definition) is 2. The molecule has 3 fully saturated rings. The number of carbonyl (C=O) groups excluding carboxylic acids is 3. The molecule has 2 N–H and O–H groups in total. The minimum absolute atomic E-state index is 0.116. The molecular formula is C23H32O5. The van der Waals surface area contributed by atoms with E-state index in [1.165, 1.54) is 12.5 Å². The van der Waals surface area contributed by atoms with Gasteiger partial charge in [-0.1, -0.05) is 19.4 Å². The Balaban J connectivity index is 1.66. The van der Waals surface area contributed by atoms with Crippen molar-refractivity contribution in [1.29, 1.82) is 0 Å². The molecule has 4 aliphatic carbocycles. The van der Waals surface area contributed by atoms with E-state index in [0.717, 1.165) is 25.7 Å². The van der Waals surface area contributed by atoms with Gasteiger partial charge in [-0.25, -0.2) is 0 Å². The summed E-state index contributed by atoms with van der Waals surface area (Å²) in [6, 6.07) is 0. The minimum atomic E-state index is -1.54. The Labute approximate surface area is 166 Å². The van der Waals surface area contributed by atoms with Crippen LogP contribution in [-0.2, 0) is 14.4 Å². The van der Waals surface area contributed by atoms with Gasteiger partial charge in [-0.3, -0.25) is 14.4 Å². The maximum absolute atomic E-state index is 12.8. The highest BCUT2D eigenvalue weighted by Gasteiger charge is 2.63. The fraction of sp³-hybridized carbons (Fsp3) is 0.783. The average molecular weight is 389 g/mol. The highest BCUT2D eigenvalue weighted by Crippen LogP contribution is 2.66. The van der Waals surface area contributed by atoms with Gasteiger partial charge in [-0.05, 0) is 80.1 Å². The molecular weight excluding hydrogens is 356 g/mol. The fourth-order valence-corrected chi connectivity index (χ4v) is 7.55. The first-order chi connectivity index (χ1) is 13.1. The molecule has 1 unspecified atom stereocenters. The van der Waals surface area contributed by atoms with Gasteiger partial charge in [0, 0.05) is 12.3 Å².